The standard InChI is InChI=1S/C13H19NO4/c1-2-16-11-4-3-5-12-13(11)18-10(9-17-12)8-14-6-7-15/h3-5,10,14-15H,2,6-9H2,1H3. The molecule has 5 nitrogen and oxygen atoms in total. The van der Waals surface area contributed by atoms with Crippen LogP contribution in [-0.4, -0.2) is 44.1 Å². The van der Waals surface area contributed by atoms with Gasteiger partial charge >= 0.3 is 0 Å². The van der Waals surface area contributed by atoms with Crippen LogP contribution in [0, 0.1) is 0 Å². The highest BCUT2D eigenvalue weighted by Crippen LogP contribution is 2.40. The van der Waals surface area contributed by atoms with Crippen LogP contribution in [-0.2, 0) is 0 Å². The van der Waals surface area contributed by atoms with Crippen LogP contribution >= 0.6 is 0 Å². The Bertz CT molecular complexity index is 383. The maximum atomic E-state index is 8.71. The van der Waals surface area contributed by atoms with Crippen molar-refractivity contribution < 1.29 is 19.3 Å². The predicted octanol–water partition coefficient (Wildman–Crippen LogP) is 0.807. The normalized spacial score (nSPS) is 17.6. The number of hydrogen-bond donors (Lipinski definition) is 2. The Morgan fingerprint density at radius 2 is 2.39 bits per heavy atom. The van der Waals surface area contributed by atoms with Gasteiger partial charge < -0.3 is 24.6 Å². The SMILES string of the molecule is CCOc1cccc2c1OC(CNCCO)CO2. The second-order valence-corrected chi connectivity index (χ2v) is 4.00. The van der Waals surface area contributed by atoms with Crippen molar-refractivity contribution in [3.05, 3.63) is 18.2 Å². The van der Waals surface area contributed by atoms with Crippen molar-refractivity contribution in [3.63, 3.8) is 0 Å². The first kappa shape index (κ1) is 13.0. The number of hydrogen-bond acceptors (Lipinski definition) is 5. The molecular formula is C13H19NO4. The van der Waals surface area contributed by atoms with E-state index >= 15 is 0 Å². The molecule has 1 aromatic rings. The molecule has 0 saturated heterocycles. The number of rotatable bonds is 6. The molecule has 1 atom stereocenters. The minimum absolute atomic E-state index is 0.0642. The average molecular weight is 253 g/mol. The summed E-state index contributed by atoms with van der Waals surface area (Å²) in [7, 11) is 0. The molecule has 0 spiro atoms. The van der Waals surface area contributed by atoms with Crippen LogP contribution in [0.5, 0.6) is 17.2 Å². The van der Waals surface area contributed by atoms with E-state index in [9.17, 15) is 0 Å². The zero-order valence-electron chi connectivity index (χ0n) is 10.5. The maximum Gasteiger partial charge on any atom is 0.204 e. The summed E-state index contributed by atoms with van der Waals surface area (Å²) in [4.78, 5) is 0. The quantitative estimate of drug-likeness (QED) is 0.735. The van der Waals surface area contributed by atoms with Crippen molar-refractivity contribution >= 4 is 0 Å². The van der Waals surface area contributed by atoms with E-state index in [1.54, 1.807) is 0 Å². The summed E-state index contributed by atoms with van der Waals surface area (Å²) in [5.41, 5.74) is 0. The summed E-state index contributed by atoms with van der Waals surface area (Å²) in [6.45, 7) is 4.34. The van der Waals surface area contributed by atoms with E-state index in [0.29, 0.717) is 37.8 Å². The van der Waals surface area contributed by atoms with Gasteiger partial charge in [-0.2, -0.15) is 0 Å². The van der Waals surface area contributed by atoms with E-state index in [4.69, 9.17) is 19.3 Å². The highest BCUT2D eigenvalue weighted by molar-refractivity contribution is 5.52. The molecule has 0 fully saturated rings. The van der Waals surface area contributed by atoms with Crippen molar-refractivity contribution in [2.75, 3.05) is 32.9 Å². The Labute approximate surface area is 107 Å². The van der Waals surface area contributed by atoms with Crippen LogP contribution in [0.4, 0.5) is 0 Å². The molecule has 100 valence electrons. The number of aliphatic hydroxyl groups excluding tert-OH is 1. The average Bonchev–Trinajstić information content (AvgIpc) is 2.40. The Morgan fingerprint density at radius 3 is 3.17 bits per heavy atom. The molecule has 1 unspecified atom stereocenters. The highest BCUT2D eigenvalue weighted by Gasteiger charge is 2.23. The van der Waals surface area contributed by atoms with E-state index in [2.05, 4.69) is 5.32 Å². The molecule has 0 aliphatic carbocycles. The lowest BCUT2D eigenvalue weighted by molar-refractivity contribution is 0.0846. The van der Waals surface area contributed by atoms with Gasteiger partial charge in [0.15, 0.2) is 11.5 Å². The number of para-hydroxylation sites is 1. The third-order valence-corrected chi connectivity index (χ3v) is 2.61. The van der Waals surface area contributed by atoms with Gasteiger partial charge in [-0.25, -0.2) is 0 Å². The van der Waals surface area contributed by atoms with Crippen LogP contribution in [0.3, 0.4) is 0 Å². The summed E-state index contributed by atoms with van der Waals surface area (Å²) >= 11 is 0. The predicted molar refractivity (Wildman–Crippen MR) is 67.5 cm³/mol. The zero-order valence-corrected chi connectivity index (χ0v) is 10.5. The summed E-state index contributed by atoms with van der Waals surface area (Å²) in [5.74, 6) is 2.10. The van der Waals surface area contributed by atoms with Gasteiger partial charge in [0, 0.05) is 13.1 Å². The monoisotopic (exact) mass is 253 g/mol. The van der Waals surface area contributed by atoms with Gasteiger partial charge in [0.05, 0.1) is 13.2 Å². The topological polar surface area (TPSA) is 60.0 Å². The first-order valence-corrected chi connectivity index (χ1v) is 6.22. The Hall–Kier alpha value is -1.46. The van der Waals surface area contributed by atoms with Gasteiger partial charge in [0.1, 0.15) is 12.7 Å². The fourth-order valence-corrected chi connectivity index (χ4v) is 1.82. The summed E-state index contributed by atoms with van der Waals surface area (Å²) in [6.07, 6.45) is -0.0642. The molecule has 1 aliphatic heterocycles. The minimum atomic E-state index is -0.0642. The van der Waals surface area contributed by atoms with Crippen LogP contribution in [0.25, 0.3) is 0 Å². The van der Waals surface area contributed by atoms with Gasteiger partial charge in [-0.3, -0.25) is 0 Å². The number of aliphatic hydroxyl groups is 1. The molecule has 2 rings (SSSR count). The third-order valence-electron chi connectivity index (χ3n) is 2.61. The first-order chi connectivity index (χ1) is 8.85. The molecule has 1 heterocycles. The molecule has 2 N–H and O–H groups in total. The molecule has 18 heavy (non-hydrogen) atoms. The Balaban J connectivity index is 2.02. The number of fused-ring (bicyclic) bond motifs is 1. The molecule has 0 bridgehead atoms. The van der Waals surface area contributed by atoms with E-state index < -0.39 is 0 Å². The lowest BCUT2D eigenvalue weighted by Crippen LogP contribution is -2.39. The summed E-state index contributed by atoms with van der Waals surface area (Å²) < 4.78 is 17.0. The van der Waals surface area contributed by atoms with Crippen molar-refractivity contribution in [1.82, 2.24) is 5.32 Å². The number of ether oxygens (including phenoxy) is 3. The van der Waals surface area contributed by atoms with E-state index in [-0.39, 0.29) is 12.7 Å². The fourth-order valence-electron chi connectivity index (χ4n) is 1.82. The maximum absolute atomic E-state index is 8.71. The van der Waals surface area contributed by atoms with Crippen LogP contribution in [0.15, 0.2) is 18.2 Å². The molecule has 1 aliphatic rings. The number of benzene rings is 1. The Morgan fingerprint density at radius 1 is 1.50 bits per heavy atom. The molecule has 0 saturated carbocycles. The fraction of sp³-hybridized carbons (Fsp3) is 0.538. The molecule has 5 heteroatoms. The molecule has 0 amide bonds. The third kappa shape index (κ3) is 3.05. The van der Waals surface area contributed by atoms with Crippen molar-refractivity contribution in [2.24, 2.45) is 0 Å². The molecular weight excluding hydrogens is 234 g/mol. The largest absolute Gasteiger partial charge is 0.490 e. The van der Waals surface area contributed by atoms with Crippen LogP contribution < -0.4 is 19.5 Å². The van der Waals surface area contributed by atoms with Gasteiger partial charge in [-0.15, -0.1) is 0 Å². The molecule has 1 aromatic carbocycles. The second-order valence-electron chi connectivity index (χ2n) is 4.00. The lowest BCUT2D eigenvalue weighted by atomic mass is 10.2. The summed E-state index contributed by atoms with van der Waals surface area (Å²) in [5, 5.41) is 11.8. The van der Waals surface area contributed by atoms with E-state index in [1.165, 1.54) is 0 Å². The van der Waals surface area contributed by atoms with Crippen LogP contribution in [0.1, 0.15) is 6.92 Å². The van der Waals surface area contributed by atoms with Gasteiger partial charge in [0.2, 0.25) is 5.75 Å². The van der Waals surface area contributed by atoms with Gasteiger partial charge in [0.25, 0.3) is 0 Å². The van der Waals surface area contributed by atoms with Crippen molar-refractivity contribution in [3.8, 4) is 17.2 Å². The number of nitrogens with one attached hydrogen (secondary N) is 1. The summed E-state index contributed by atoms with van der Waals surface area (Å²) in [6, 6.07) is 5.63. The van der Waals surface area contributed by atoms with Gasteiger partial charge in [-0.1, -0.05) is 6.07 Å². The first-order valence-electron chi connectivity index (χ1n) is 6.22. The van der Waals surface area contributed by atoms with E-state index in [1.807, 2.05) is 25.1 Å². The molecule has 0 aromatic heterocycles. The highest BCUT2D eigenvalue weighted by atomic mass is 16.6. The molecule has 0 radical (unpaired) electrons. The van der Waals surface area contributed by atoms with Crippen LogP contribution in [0.2, 0.25) is 0 Å². The second kappa shape index (κ2) is 6.47. The van der Waals surface area contributed by atoms with Crippen molar-refractivity contribution in [2.45, 2.75) is 13.0 Å². The zero-order chi connectivity index (χ0) is 12.8. The minimum Gasteiger partial charge on any atom is -0.490 e. The lowest BCUT2D eigenvalue weighted by Gasteiger charge is -2.28. The Kier molecular flexibility index (Phi) is 4.66. The smallest absolute Gasteiger partial charge is 0.204 e. The van der Waals surface area contributed by atoms with E-state index in [0.717, 1.165) is 5.75 Å². The van der Waals surface area contributed by atoms with Crippen molar-refractivity contribution in [1.29, 1.82) is 0 Å². The van der Waals surface area contributed by atoms with Gasteiger partial charge in [-0.05, 0) is 19.1 Å².